The molecule has 10 heteroatoms. The Morgan fingerprint density at radius 3 is 2.61 bits per heavy atom. The molecular formula is C8H15F3NO4S2+. The van der Waals surface area contributed by atoms with E-state index in [1.165, 1.54) is 0 Å². The quantitative estimate of drug-likeness (QED) is 0.357. The van der Waals surface area contributed by atoms with Crippen molar-refractivity contribution in [1.29, 1.82) is 0 Å². The summed E-state index contributed by atoms with van der Waals surface area (Å²) in [6, 6.07) is 0. The first-order valence-electron chi connectivity index (χ1n) is 5.15. The highest BCUT2D eigenvalue weighted by Gasteiger charge is 2.52. The molecule has 1 aliphatic heterocycles. The van der Waals surface area contributed by atoms with Gasteiger partial charge in [0.2, 0.25) is 6.23 Å². The van der Waals surface area contributed by atoms with E-state index in [1.54, 1.807) is 7.05 Å². The maximum Gasteiger partial charge on any atom is 0.523 e. The van der Waals surface area contributed by atoms with Gasteiger partial charge in [-0.15, -0.1) is 0 Å². The minimum atomic E-state index is -5.61. The molecule has 2 unspecified atom stereocenters. The Bertz CT molecular complexity index is 382. The van der Waals surface area contributed by atoms with Crippen molar-refractivity contribution in [2.75, 3.05) is 39.1 Å². The molecular weight excluding hydrogens is 295 g/mol. The molecule has 0 bridgehead atoms. The Labute approximate surface area is 109 Å². The summed E-state index contributed by atoms with van der Waals surface area (Å²) >= 11 is 4.01. The second kappa shape index (κ2) is 5.53. The van der Waals surface area contributed by atoms with E-state index in [1.807, 2.05) is 0 Å². The van der Waals surface area contributed by atoms with Gasteiger partial charge in [0, 0.05) is 5.75 Å². The Hall–Kier alpha value is -0.0300. The van der Waals surface area contributed by atoms with Gasteiger partial charge >= 0.3 is 15.6 Å². The predicted molar refractivity (Wildman–Crippen MR) is 60.4 cm³/mol. The molecule has 1 saturated heterocycles. The normalized spacial score (nSPS) is 30.4. The van der Waals surface area contributed by atoms with Crippen molar-refractivity contribution in [2.24, 2.45) is 0 Å². The summed E-state index contributed by atoms with van der Waals surface area (Å²) in [7, 11) is -3.99. The number of thiol groups is 1. The fourth-order valence-corrected chi connectivity index (χ4v) is 2.72. The Morgan fingerprint density at radius 2 is 2.11 bits per heavy atom. The van der Waals surface area contributed by atoms with Gasteiger partial charge in [0.05, 0.1) is 20.2 Å². The van der Waals surface area contributed by atoms with Crippen LogP contribution in [0.1, 0.15) is 0 Å². The molecule has 0 aliphatic carbocycles. The maximum absolute atomic E-state index is 12.3. The molecule has 0 saturated carbocycles. The summed E-state index contributed by atoms with van der Waals surface area (Å²) in [5.41, 5.74) is -5.42. The molecule has 0 aromatic carbocycles. The predicted octanol–water partition coefficient (Wildman–Crippen LogP) is 0.585. The number of alkyl halides is 3. The standard InChI is InChI=1S/C8H14F3NO4S2/c1-12(3-5-17)2-4-15-6-7(12)16-18(13,14)8(9,10)11/h7H,2-6H2,1H3/p+1. The molecule has 0 spiro atoms. The van der Waals surface area contributed by atoms with Crippen molar-refractivity contribution < 1.29 is 35.0 Å². The Balaban J connectivity index is 2.87. The summed E-state index contributed by atoms with van der Waals surface area (Å²) in [6.45, 7) is 0.916. The van der Waals surface area contributed by atoms with Crippen LogP contribution in [0.25, 0.3) is 0 Å². The lowest BCUT2D eigenvalue weighted by Crippen LogP contribution is -2.61. The van der Waals surface area contributed by atoms with Gasteiger partial charge in [-0.3, -0.25) is 4.48 Å². The summed E-state index contributed by atoms with van der Waals surface area (Å²) in [5, 5.41) is 0. The van der Waals surface area contributed by atoms with Crippen LogP contribution >= 0.6 is 12.6 Å². The lowest BCUT2D eigenvalue weighted by atomic mass is 10.3. The van der Waals surface area contributed by atoms with Crippen LogP contribution < -0.4 is 0 Å². The van der Waals surface area contributed by atoms with Gasteiger partial charge in [0.25, 0.3) is 0 Å². The second-order valence-electron chi connectivity index (χ2n) is 4.18. The highest BCUT2D eigenvalue weighted by molar-refractivity contribution is 7.87. The third-order valence-corrected chi connectivity index (χ3v) is 4.08. The van der Waals surface area contributed by atoms with Gasteiger partial charge in [-0.25, -0.2) is 4.18 Å². The largest absolute Gasteiger partial charge is 0.523 e. The van der Waals surface area contributed by atoms with E-state index < -0.39 is 21.9 Å². The molecule has 5 nitrogen and oxygen atoms in total. The summed E-state index contributed by atoms with van der Waals surface area (Å²) in [6.07, 6.45) is -1.20. The van der Waals surface area contributed by atoms with Gasteiger partial charge in [-0.05, 0) is 0 Å². The van der Waals surface area contributed by atoms with Crippen LogP contribution in [-0.4, -0.2) is 63.7 Å². The van der Waals surface area contributed by atoms with Crippen molar-refractivity contribution in [3.05, 3.63) is 0 Å². The van der Waals surface area contributed by atoms with Crippen LogP contribution in [0.4, 0.5) is 13.2 Å². The monoisotopic (exact) mass is 310 g/mol. The molecule has 1 aliphatic rings. The Morgan fingerprint density at radius 1 is 1.50 bits per heavy atom. The maximum atomic E-state index is 12.3. The molecule has 0 aromatic rings. The van der Waals surface area contributed by atoms with E-state index in [9.17, 15) is 21.6 Å². The van der Waals surface area contributed by atoms with Crippen molar-refractivity contribution >= 4 is 22.7 Å². The van der Waals surface area contributed by atoms with E-state index in [0.29, 0.717) is 25.4 Å². The van der Waals surface area contributed by atoms with E-state index in [4.69, 9.17) is 4.74 Å². The topological polar surface area (TPSA) is 52.6 Å². The average molecular weight is 310 g/mol. The summed E-state index contributed by atoms with van der Waals surface area (Å²) < 4.78 is 68.0. The van der Waals surface area contributed by atoms with Crippen LogP contribution in [0.3, 0.4) is 0 Å². The smallest absolute Gasteiger partial charge is 0.367 e. The van der Waals surface area contributed by atoms with Gasteiger partial charge in [-0.1, -0.05) is 0 Å². The minimum absolute atomic E-state index is 0.0266. The van der Waals surface area contributed by atoms with Crippen LogP contribution in [0, 0.1) is 0 Å². The fourth-order valence-electron chi connectivity index (χ4n) is 1.60. The highest BCUT2D eigenvalue weighted by atomic mass is 32.2. The zero-order valence-corrected chi connectivity index (χ0v) is 11.4. The average Bonchev–Trinajstić information content (AvgIpc) is 2.20. The minimum Gasteiger partial charge on any atom is -0.367 e. The fraction of sp³-hybridized carbons (Fsp3) is 1.00. The van der Waals surface area contributed by atoms with Crippen molar-refractivity contribution in [2.45, 2.75) is 11.7 Å². The van der Waals surface area contributed by atoms with E-state index in [0.717, 1.165) is 0 Å². The number of morpholine rings is 1. The number of nitrogens with zero attached hydrogens (tertiary/aromatic N) is 1. The number of likely N-dealkylation sites (N-methyl/N-ethyl adjacent to an activating group) is 1. The molecule has 108 valence electrons. The molecule has 2 atom stereocenters. The van der Waals surface area contributed by atoms with Crippen molar-refractivity contribution in [1.82, 2.24) is 0 Å². The molecule has 1 heterocycles. The van der Waals surface area contributed by atoms with Crippen LogP contribution in [-0.2, 0) is 19.0 Å². The first-order chi connectivity index (χ1) is 8.12. The van der Waals surface area contributed by atoms with E-state index >= 15 is 0 Å². The number of quaternary nitrogens is 1. The van der Waals surface area contributed by atoms with Crippen molar-refractivity contribution in [3.8, 4) is 0 Å². The molecule has 1 rings (SSSR count). The van der Waals surface area contributed by atoms with E-state index in [-0.39, 0.29) is 11.1 Å². The highest BCUT2D eigenvalue weighted by Crippen LogP contribution is 2.28. The third kappa shape index (κ3) is 3.50. The van der Waals surface area contributed by atoms with Gasteiger partial charge in [0.1, 0.15) is 13.2 Å². The lowest BCUT2D eigenvalue weighted by Gasteiger charge is -2.42. The van der Waals surface area contributed by atoms with Crippen LogP contribution in [0.5, 0.6) is 0 Å². The number of rotatable bonds is 4. The summed E-state index contributed by atoms with van der Waals surface area (Å²) in [5.74, 6) is 0.405. The summed E-state index contributed by atoms with van der Waals surface area (Å²) in [4.78, 5) is 0. The Kier molecular flexibility index (Phi) is 4.93. The molecule has 0 aromatic heterocycles. The van der Waals surface area contributed by atoms with Crippen LogP contribution in [0.15, 0.2) is 0 Å². The zero-order chi connectivity index (χ0) is 14.0. The number of halogens is 3. The first kappa shape index (κ1) is 16.0. The van der Waals surface area contributed by atoms with Gasteiger partial charge in [-0.2, -0.15) is 34.2 Å². The van der Waals surface area contributed by atoms with Crippen LogP contribution in [0.2, 0.25) is 0 Å². The van der Waals surface area contributed by atoms with Crippen molar-refractivity contribution in [3.63, 3.8) is 0 Å². The number of hydrogen-bond donors (Lipinski definition) is 1. The zero-order valence-electron chi connectivity index (χ0n) is 9.68. The van der Waals surface area contributed by atoms with Gasteiger partial charge < -0.3 is 4.74 Å². The number of hydrogen-bond acceptors (Lipinski definition) is 5. The SMILES string of the molecule is C[N+]1(CCS)CCOCC1OS(=O)(=O)C(F)(F)F. The molecule has 0 amide bonds. The molecule has 1 fully saturated rings. The number of ether oxygens (including phenoxy) is 1. The first-order valence-corrected chi connectivity index (χ1v) is 7.19. The molecule has 0 N–H and O–H groups in total. The second-order valence-corrected chi connectivity index (χ2v) is 6.19. The molecule has 18 heavy (non-hydrogen) atoms. The molecule has 0 radical (unpaired) electrons. The van der Waals surface area contributed by atoms with Gasteiger partial charge in [0.15, 0.2) is 0 Å². The van der Waals surface area contributed by atoms with E-state index in [2.05, 4.69) is 16.8 Å². The lowest BCUT2D eigenvalue weighted by molar-refractivity contribution is -0.956. The third-order valence-electron chi connectivity index (χ3n) is 2.83.